The van der Waals surface area contributed by atoms with E-state index in [-0.39, 0.29) is 6.04 Å². The Morgan fingerprint density at radius 2 is 2.00 bits per heavy atom. The molecule has 1 atom stereocenters. The van der Waals surface area contributed by atoms with E-state index in [4.69, 9.17) is 0 Å². The molecule has 1 aromatic heterocycles. The van der Waals surface area contributed by atoms with Gasteiger partial charge in [0.25, 0.3) is 0 Å². The van der Waals surface area contributed by atoms with Crippen LogP contribution in [0.5, 0.6) is 0 Å². The van der Waals surface area contributed by atoms with Gasteiger partial charge in [-0.05, 0) is 48.3 Å². The molecule has 1 heterocycles. The molecule has 0 aliphatic rings. The molecule has 1 N–H and O–H groups in total. The molecule has 0 saturated carbocycles. The summed E-state index contributed by atoms with van der Waals surface area (Å²) in [7, 11) is 2.01. The van der Waals surface area contributed by atoms with Crippen LogP contribution in [0.1, 0.15) is 36.2 Å². The van der Waals surface area contributed by atoms with Gasteiger partial charge in [-0.1, -0.05) is 36.8 Å². The molecule has 2 aromatic rings. The van der Waals surface area contributed by atoms with Gasteiger partial charge in [0.2, 0.25) is 0 Å². The summed E-state index contributed by atoms with van der Waals surface area (Å²) in [6.45, 7) is 5.24. The zero-order valence-electron chi connectivity index (χ0n) is 12.4. The quantitative estimate of drug-likeness (QED) is 0.868. The second-order valence-corrected chi connectivity index (χ2v) is 5.99. The van der Waals surface area contributed by atoms with E-state index in [0.717, 1.165) is 23.9 Å². The van der Waals surface area contributed by atoms with E-state index in [1.807, 2.05) is 13.2 Å². The molecule has 0 amide bonds. The molecule has 1 aromatic carbocycles. The summed E-state index contributed by atoms with van der Waals surface area (Å²) in [5.41, 5.74) is 3.87. The van der Waals surface area contributed by atoms with Crippen LogP contribution in [0.2, 0.25) is 0 Å². The molecule has 20 heavy (non-hydrogen) atoms. The number of likely N-dealkylation sites (N-methyl/N-ethyl adjacent to an activating group) is 1. The number of rotatable bonds is 6. The molecule has 3 nitrogen and oxygen atoms in total. The van der Waals surface area contributed by atoms with Crippen molar-refractivity contribution in [3.05, 3.63) is 51.8 Å². The van der Waals surface area contributed by atoms with Crippen LogP contribution in [-0.2, 0) is 13.0 Å². The number of halogens is 1. The molecule has 0 saturated heterocycles. The fourth-order valence-corrected chi connectivity index (χ4v) is 2.98. The van der Waals surface area contributed by atoms with Crippen molar-refractivity contribution >= 4 is 15.9 Å². The van der Waals surface area contributed by atoms with Gasteiger partial charge in [0.1, 0.15) is 0 Å². The summed E-state index contributed by atoms with van der Waals surface area (Å²) in [6, 6.07) is 9.00. The lowest BCUT2D eigenvalue weighted by Crippen LogP contribution is -2.23. The fraction of sp³-hybridized carbons (Fsp3) is 0.438. The van der Waals surface area contributed by atoms with Crippen molar-refractivity contribution in [3.8, 4) is 0 Å². The average molecular weight is 336 g/mol. The number of nitrogens with zero attached hydrogens (tertiary/aromatic N) is 2. The normalized spacial score (nSPS) is 12.6. The van der Waals surface area contributed by atoms with E-state index in [2.05, 4.69) is 69.1 Å². The van der Waals surface area contributed by atoms with Crippen molar-refractivity contribution in [1.82, 2.24) is 15.1 Å². The second kappa shape index (κ2) is 7.04. The second-order valence-electron chi connectivity index (χ2n) is 5.13. The van der Waals surface area contributed by atoms with E-state index in [0.29, 0.717) is 0 Å². The minimum Gasteiger partial charge on any atom is -0.311 e. The summed E-state index contributed by atoms with van der Waals surface area (Å²) < 4.78 is 3.18. The third-order valence-electron chi connectivity index (χ3n) is 3.51. The lowest BCUT2D eigenvalue weighted by atomic mass is 10.0. The van der Waals surface area contributed by atoms with Crippen LogP contribution < -0.4 is 5.32 Å². The van der Waals surface area contributed by atoms with E-state index >= 15 is 0 Å². The number of aryl methyl sites for hydroxylation is 2. The molecular weight excluding hydrogens is 314 g/mol. The first-order valence-electron chi connectivity index (χ1n) is 7.09. The van der Waals surface area contributed by atoms with Gasteiger partial charge in [-0.2, -0.15) is 5.10 Å². The first-order valence-corrected chi connectivity index (χ1v) is 7.89. The highest BCUT2D eigenvalue weighted by Gasteiger charge is 2.18. The zero-order chi connectivity index (χ0) is 14.5. The van der Waals surface area contributed by atoms with Crippen LogP contribution in [0.4, 0.5) is 0 Å². The number of aromatic nitrogens is 2. The Morgan fingerprint density at radius 1 is 1.30 bits per heavy atom. The molecule has 0 spiro atoms. The minimum atomic E-state index is 0.265. The van der Waals surface area contributed by atoms with Gasteiger partial charge in [-0.3, -0.25) is 4.68 Å². The lowest BCUT2D eigenvalue weighted by Gasteiger charge is -2.19. The van der Waals surface area contributed by atoms with Crippen molar-refractivity contribution in [2.75, 3.05) is 7.05 Å². The number of hydrogen-bond acceptors (Lipinski definition) is 2. The van der Waals surface area contributed by atoms with Gasteiger partial charge in [-0.15, -0.1) is 0 Å². The Morgan fingerprint density at radius 3 is 2.60 bits per heavy atom. The van der Waals surface area contributed by atoms with Gasteiger partial charge < -0.3 is 5.32 Å². The Kier molecular flexibility index (Phi) is 5.38. The molecular formula is C16H22BrN3. The van der Waals surface area contributed by atoms with Crippen molar-refractivity contribution in [3.63, 3.8) is 0 Å². The van der Waals surface area contributed by atoms with Crippen LogP contribution in [0.15, 0.2) is 34.9 Å². The molecule has 1 unspecified atom stereocenters. The van der Waals surface area contributed by atoms with Crippen LogP contribution in [0.3, 0.4) is 0 Å². The number of nitrogens with one attached hydrogen (secondary N) is 1. The zero-order valence-corrected chi connectivity index (χ0v) is 13.9. The van der Waals surface area contributed by atoms with Crippen LogP contribution in [-0.4, -0.2) is 16.8 Å². The molecule has 0 aliphatic heterocycles. The number of hydrogen-bond donors (Lipinski definition) is 1. The molecule has 2 rings (SSSR count). The highest BCUT2D eigenvalue weighted by atomic mass is 79.9. The van der Waals surface area contributed by atoms with E-state index in [9.17, 15) is 0 Å². The van der Waals surface area contributed by atoms with Crippen LogP contribution >= 0.6 is 15.9 Å². The maximum absolute atomic E-state index is 4.46. The summed E-state index contributed by atoms with van der Waals surface area (Å²) >= 11 is 3.63. The topological polar surface area (TPSA) is 29.9 Å². The third-order valence-corrected chi connectivity index (χ3v) is 4.12. The molecule has 4 heteroatoms. The first kappa shape index (κ1) is 15.3. The largest absolute Gasteiger partial charge is 0.311 e. The van der Waals surface area contributed by atoms with E-state index in [1.54, 1.807) is 0 Å². The predicted molar refractivity (Wildman–Crippen MR) is 86.9 cm³/mol. The Balaban J connectivity index is 2.23. The summed E-state index contributed by atoms with van der Waals surface area (Å²) in [6.07, 6.45) is 3.94. The minimum absolute atomic E-state index is 0.265. The molecule has 108 valence electrons. The van der Waals surface area contributed by atoms with E-state index < -0.39 is 0 Å². The maximum Gasteiger partial charge on any atom is 0.0698 e. The van der Waals surface area contributed by atoms with Gasteiger partial charge in [-0.25, -0.2) is 0 Å². The first-order chi connectivity index (χ1) is 9.65. The molecule has 0 radical (unpaired) electrons. The Labute approximate surface area is 129 Å². The van der Waals surface area contributed by atoms with Gasteiger partial charge in [0, 0.05) is 6.54 Å². The number of benzene rings is 1. The van der Waals surface area contributed by atoms with Crippen molar-refractivity contribution < 1.29 is 0 Å². The summed E-state index contributed by atoms with van der Waals surface area (Å²) in [4.78, 5) is 0. The highest BCUT2D eigenvalue weighted by molar-refractivity contribution is 9.10. The molecule has 0 bridgehead atoms. The van der Waals surface area contributed by atoms with Gasteiger partial charge in [0.05, 0.1) is 22.4 Å². The maximum atomic E-state index is 4.46. The lowest BCUT2D eigenvalue weighted by molar-refractivity contribution is 0.495. The van der Waals surface area contributed by atoms with Crippen LogP contribution in [0, 0.1) is 6.92 Å². The summed E-state index contributed by atoms with van der Waals surface area (Å²) in [5, 5.41) is 7.88. The Hall–Kier alpha value is -1.13. The fourth-order valence-electron chi connectivity index (χ4n) is 2.40. The molecule has 0 aliphatic carbocycles. The van der Waals surface area contributed by atoms with Crippen LogP contribution in [0.25, 0.3) is 0 Å². The highest BCUT2D eigenvalue weighted by Crippen LogP contribution is 2.26. The Bertz CT molecular complexity index is 545. The predicted octanol–water partition coefficient (Wildman–Crippen LogP) is 3.87. The van der Waals surface area contributed by atoms with Gasteiger partial charge in [0.15, 0.2) is 0 Å². The average Bonchev–Trinajstić information content (AvgIpc) is 2.80. The van der Waals surface area contributed by atoms with E-state index in [1.165, 1.54) is 16.8 Å². The standard InChI is InChI=1S/C16H22BrN3/c1-4-9-20-16(14(17)11-19-20)15(18-3)10-13-7-5-12(2)6-8-13/h5-8,11,15,18H,4,9-10H2,1-3H3. The smallest absolute Gasteiger partial charge is 0.0698 e. The third kappa shape index (κ3) is 3.49. The monoisotopic (exact) mass is 335 g/mol. The SMILES string of the molecule is CCCn1ncc(Br)c1C(Cc1ccc(C)cc1)NC. The molecule has 0 fully saturated rings. The summed E-state index contributed by atoms with van der Waals surface area (Å²) in [5.74, 6) is 0. The van der Waals surface area contributed by atoms with Crippen molar-refractivity contribution in [1.29, 1.82) is 0 Å². The van der Waals surface area contributed by atoms with Crippen molar-refractivity contribution in [2.24, 2.45) is 0 Å². The van der Waals surface area contributed by atoms with Gasteiger partial charge >= 0.3 is 0 Å². The van der Waals surface area contributed by atoms with Crippen molar-refractivity contribution in [2.45, 2.75) is 39.3 Å².